The Morgan fingerprint density at radius 3 is 2.86 bits per heavy atom. The number of benzene rings is 1. The zero-order chi connectivity index (χ0) is 14.7. The lowest BCUT2D eigenvalue weighted by molar-refractivity contribution is 0.0854. The Labute approximate surface area is 122 Å². The number of aliphatic hydroxyl groups excluding tert-OH is 1. The van der Waals surface area contributed by atoms with Crippen LogP contribution in [0, 0.1) is 0 Å². The maximum Gasteiger partial charge on any atom is 0.410 e. The van der Waals surface area contributed by atoms with Gasteiger partial charge >= 0.3 is 6.09 Å². The summed E-state index contributed by atoms with van der Waals surface area (Å²) in [7, 11) is 0. The maximum absolute atomic E-state index is 12.1. The summed E-state index contributed by atoms with van der Waals surface area (Å²) in [5.41, 5.74) is 2.60. The van der Waals surface area contributed by atoms with Gasteiger partial charge in [0.2, 0.25) is 0 Å². The molecule has 0 saturated heterocycles. The van der Waals surface area contributed by atoms with Crippen molar-refractivity contribution in [1.29, 1.82) is 0 Å². The zero-order valence-corrected chi connectivity index (χ0v) is 11.6. The standard InChI is InChI=1S/C15H17N3O3/c19-10-13-8-16-18-7-6-17(9-14(13)18)15(20)21-11-12-4-2-1-3-5-12/h1-5,8,19H,6-7,9-11H2. The first-order valence-electron chi connectivity index (χ1n) is 6.88. The second-order valence-corrected chi connectivity index (χ2v) is 4.96. The molecule has 3 rings (SSSR count). The van der Waals surface area contributed by atoms with Gasteiger partial charge in [-0.05, 0) is 5.56 Å². The van der Waals surface area contributed by atoms with E-state index < -0.39 is 0 Å². The predicted octanol–water partition coefficient (Wildman–Crippen LogP) is 1.53. The first-order chi connectivity index (χ1) is 10.3. The highest BCUT2D eigenvalue weighted by molar-refractivity contribution is 5.67. The molecular weight excluding hydrogens is 270 g/mol. The molecule has 2 heterocycles. The van der Waals surface area contributed by atoms with Crippen LogP contribution >= 0.6 is 0 Å². The first kappa shape index (κ1) is 13.6. The fourth-order valence-corrected chi connectivity index (χ4v) is 2.40. The van der Waals surface area contributed by atoms with Crippen LogP contribution in [0.25, 0.3) is 0 Å². The molecule has 0 unspecified atom stereocenters. The van der Waals surface area contributed by atoms with Crippen molar-refractivity contribution in [3.63, 3.8) is 0 Å². The lowest BCUT2D eigenvalue weighted by Crippen LogP contribution is -2.39. The Balaban J connectivity index is 1.61. The van der Waals surface area contributed by atoms with Gasteiger partial charge in [-0.15, -0.1) is 0 Å². The Morgan fingerprint density at radius 1 is 1.29 bits per heavy atom. The molecule has 0 saturated carbocycles. The molecule has 0 spiro atoms. The number of aromatic nitrogens is 2. The number of rotatable bonds is 3. The largest absolute Gasteiger partial charge is 0.445 e. The van der Waals surface area contributed by atoms with E-state index in [0.29, 0.717) is 19.6 Å². The van der Waals surface area contributed by atoms with Crippen LogP contribution < -0.4 is 0 Å². The van der Waals surface area contributed by atoms with Gasteiger partial charge in [0.05, 0.1) is 31.6 Å². The Kier molecular flexibility index (Phi) is 3.87. The fraction of sp³-hybridized carbons (Fsp3) is 0.333. The van der Waals surface area contributed by atoms with Crippen LogP contribution in [0.2, 0.25) is 0 Å². The number of carbonyl (C=O) groups is 1. The van der Waals surface area contributed by atoms with Crippen LogP contribution in [0.5, 0.6) is 0 Å². The van der Waals surface area contributed by atoms with Crippen LogP contribution in [0.1, 0.15) is 16.8 Å². The van der Waals surface area contributed by atoms with Gasteiger partial charge in [0, 0.05) is 12.1 Å². The quantitative estimate of drug-likeness (QED) is 0.929. The van der Waals surface area contributed by atoms with Crippen molar-refractivity contribution in [2.75, 3.05) is 6.54 Å². The highest BCUT2D eigenvalue weighted by atomic mass is 16.6. The Morgan fingerprint density at radius 2 is 2.10 bits per heavy atom. The summed E-state index contributed by atoms with van der Waals surface area (Å²) in [6, 6.07) is 9.59. The van der Waals surface area contributed by atoms with E-state index in [9.17, 15) is 9.90 Å². The smallest absolute Gasteiger partial charge is 0.410 e. The van der Waals surface area contributed by atoms with Crippen LogP contribution in [0.4, 0.5) is 4.79 Å². The van der Waals surface area contributed by atoms with Gasteiger partial charge in [0.25, 0.3) is 0 Å². The molecule has 1 aromatic heterocycles. The van der Waals surface area contributed by atoms with Gasteiger partial charge in [-0.1, -0.05) is 30.3 Å². The molecule has 1 N–H and O–H groups in total. The van der Waals surface area contributed by atoms with Gasteiger partial charge in [0.1, 0.15) is 6.61 Å². The number of nitrogens with zero attached hydrogens (tertiary/aromatic N) is 3. The van der Waals surface area contributed by atoms with E-state index in [4.69, 9.17) is 4.74 Å². The normalized spacial score (nSPS) is 13.9. The number of fused-ring (bicyclic) bond motifs is 1. The summed E-state index contributed by atoms with van der Waals surface area (Å²) < 4.78 is 7.15. The molecule has 1 aliphatic heterocycles. The minimum Gasteiger partial charge on any atom is -0.445 e. The molecule has 1 aromatic carbocycles. The Hall–Kier alpha value is -2.34. The number of amides is 1. The summed E-state index contributed by atoms with van der Waals surface area (Å²) >= 11 is 0. The highest BCUT2D eigenvalue weighted by Crippen LogP contribution is 2.17. The summed E-state index contributed by atoms with van der Waals surface area (Å²) in [5, 5.41) is 13.5. The lowest BCUT2D eigenvalue weighted by atomic mass is 10.2. The summed E-state index contributed by atoms with van der Waals surface area (Å²) in [6.07, 6.45) is 1.31. The second kappa shape index (κ2) is 5.97. The van der Waals surface area contributed by atoms with Crippen molar-refractivity contribution in [3.05, 3.63) is 53.3 Å². The summed E-state index contributed by atoms with van der Waals surface area (Å²) in [4.78, 5) is 13.8. The van der Waals surface area contributed by atoms with Crippen LogP contribution in [-0.4, -0.2) is 32.4 Å². The SMILES string of the molecule is O=C(OCc1ccccc1)N1CCn2ncc(CO)c2C1. The average molecular weight is 287 g/mol. The number of ether oxygens (including phenoxy) is 1. The predicted molar refractivity (Wildman–Crippen MR) is 75.2 cm³/mol. The number of carbonyl (C=O) groups excluding carboxylic acids is 1. The van der Waals surface area contributed by atoms with Crippen molar-refractivity contribution in [3.8, 4) is 0 Å². The average Bonchev–Trinajstić information content (AvgIpc) is 2.95. The number of hydrogen-bond acceptors (Lipinski definition) is 4. The zero-order valence-electron chi connectivity index (χ0n) is 11.6. The Bertz CT molecular complexity index is 611. The molecule has 0 bridgehead atoms. The molecule has 0 aliphatic carbocycles. The van der Waals surface area contributed by atoms with Crippen LogP contribution in [0.3, 0.4) is 0 Å². The van der Waals surface area contributed by atoms with E-state index in [-0.39, 0.29) is 19.3 Å². The van der Waals surface area contributed by atoms with E-state index in [2.05, 4.69) is 5.10 Å². The molecule has 1 amide bonds. The molecule has 1 aliphatic rings. The molecule has 21 heavy (non-hydrogen) atoms. The third-order valence-electron chi connectivity index (χ3n) is 3.59. The van der Waals surface area contributed by atoms with Crippen molar-refractivity contribution < 1.29 is 14.6 Å². The van der Waals surface area contributed by atoms with Gasteiger partial charge in [-0.3, -0.25) is 4.68 Å². The van der Waals surface area contributed by atoms with E-state index in [1.54, 1.807) is 11.1 Å². The highest BCUT2D eigenvalue weighted by Gasteiger charge is 2.24. The maximum atomic E-state index is 12.1. The van der Waals surface area contributed by atoms with E-state index in [1.165, 1.54) is 0 Å². The minimum atomic E-state index is -0.338. The molecule has 0 radical (unpaired) electrons. The monoisotopic (exact) mass is 287 g/mol. The third-order valence-corrected chi connectivity index (χ3v) is 3.59. The number of hydrogen-bond donors (Lipinski definition) is 1. The van der Waals surface area contributed by atoms with Crippen LogP contribution in [0.15, 0.2) is 36.5 Å². The minimum absolute atomic E-state index is 0.0672. The summed E-state index contributed by atoms with van der Waals surface area (Å²) in [6.45, 7) is 1.80. The molecular formula is C15H17N3O3. The van der Waals surface area contributed by atoms with E-state index >= 15 is 0 Å². The first-order valence-corrected chi connectivity index (χ1v) is 6.88. The fourth-order valence-electron chi connectivity index (χ4n) is 2.40. The molecule has 6 heteroatoms. The van der Waals surface area contributed by atoms with E-state index in [0.717, 1.165) is 16.8 Å². The van der Waals surface area contributed by atoms with Crippen LogP contribution in [-0.2, 0) is 31.0 Å². The molecule has 0 atom stereocenters. The summed E-state index contributed by atoms with van der Waals surface area (Å²) in [5.74, 6) is 0. The van der Waals surface area contributed by atoms with Crippen molar-refractivity contribution >= 4 is 6.09 Å². The number of aliphatic hydroxyl groups is 1. The van der Waals surface area contributed by atoms with Gasteiger partial charge in [0.15, 0.2) is 0 Å². The molecule has 110 valence electrons. The van der Waals surface area contributed by atoms with Gasteiger partial charge < -0.3 is 14.7 Å². The van der Waals surface area contributed by atoms with Gasteiger partial charge in [-0.25, -0.2) is 4.79 Å². The molecule has 0 fully saturated rings. The van der Waals surface area contributed by atoms with Crippen molar-refractivity contribution in [2.24, 2.45) is 0 Å². The lowest BCUT2D eigenvalue weighted by Gasteiger charge is -2.27. The van der Waals surface area contributed by atoms with Crippen molar-refractivity contribution in [1.82, 2.24) is 14.7 Å². The second-order valence-electron chi connectivity index (χ2n) is 4.96. The van der Waals surface area contributed by atoms with Crippen molar-refractivity contribution in [2.45, 2.75) is 26.3 Å². The van der Waals surface area contributed by atoms with Gasteiger partial charge in [-0.2, -0.15) is 5.10 Å². The topological polar surface area (TPSA) is 67.6 Å². The molecule has 6 nitrogen and oxygen atoms in total. The van der Waals surface area contributed by atoms with E-state index in [1.807, 2.05) is 35.0 Å². The third kappa shape index (κ3) is 2.90. The molecule has 2 aromatic rings.